The number of hydrogen-bond acceptors (Lipinski definition) is 5. The highest BCUT2D eigenvalue weighted by Gasteiger charge is 2.15. The second kappa shape index (κ2) is 4.91. The zero-order valence-electron chi connectivity index (χ0n) is 10.3. The van der Waals surface area contributed by atoms with Crippen LogP contribution in [0.4, 0.5) is 11.7 Å². The number of nitrogens with one attached hydrogen (secondary N) is 1. The summed E-state index contributed by atoms with van der Waals surface area (Å²) in [6.07, 6.45) is 2.64. The Bertz CT molecular complexity index is 558. The van der Waals surface area contributed by atoms with Gasteiger partial charge in [-0.2, -0.15) is 4.98 Å². The van der Waals surface area contributed by atoms with Crippen molar-refractivity contribution in [1.29, 1.82) is 0 Å². The molecule has 0 unspecified atom stereocenters. The highest BCUT2D eigenvalue weighted by molar-refractivity contribution is 6.02. The fraction of sp³-hybridized carbons (Fsp3) is 0.364. The average Bonchev–Trinajstić information content (AvgIpc) is 2.86. The van der Waals surface area contributed by atoms with Crippen LogP contribution in [0.15, 0.2) is 16.8 Å². The number of nitrogens with zero attached hydrogens (tertiary/aromatic N) is 3. The zero-order valence-corrected chi connectivity index (χ0v) is 10.3. The standard InChI is InChI=1S/C11H15N5O2/c1-3-4-16-6-8(12)5-9(16)10(17)14-11-13-7(2)15-18-11/h5-6H,3-4,12H2,1-2H3,(H,13,14,15,17). The van der Waals surface area contributed by atoms with Crippen LogP contribution >= 0.6 is 0 Å². The average molecular weight is 249 g/mol. The first kappa shape index (κ1) is 12.2. The number of rotatable bonds is 4. The van der Waals surface area contributed by atoms with Gasteiger partial charge in [0.05, 0.1) is 5.69 Å². The first-order valence-electron chi connectivity index (χ1n) is 5.67. The fourth-order valence-electron chi connectivity index (χ4n) is 1.66. The first-order chi connectivity index (χ1) is 8.60. The van der Waals surface area contributed by atoms with E-state index in [2.05, 4.69) is 15.5 Å². The predicted molar refractivity (Wildman–Crippen MR) is 66.1 cm³/mol. The lowest BCUT2D eigenvalue weighted by molar-refractivity contribution is 0.101. The SMILES string of the molecule is CCCn1cc(N)cc1C(=O)Nc1nc(C)no1. The second-order valence-electron chi connectivity index (χ2n) is 3.95. The van der Waals surface area contributed by atoms with E-state index in [4.69, 9.17) is 10.3 Å². The Morgan fingerprint density at radius 2 is 2.39 bits per heavy atom. The van der Waals surface area contributed by atoms with Gasteiger partial charge in [0, 0.05) is 12.7 Å². The normalized spacial score (nSPS) is 10.6. The third kappa shape index (κ3) is 2.50. The molecule has 0 spiro atoms. The largest absolute Gasteiger partial charge is 0.397 e. The molecular weight excluding hydrogens is 234 g/mol. The molecule has 96 valence electrons. The molecule has 0 aliphatic carbocycles. The molecule has 2 rings (SSSR count). The number of nitrogens with two attached hydrogens (primary N) is 1. The van der Waals surface area contributed by atoms with E-state index in [1.165, 1.54) is 0 Å². The number of amides is 1. The minimum Gasteiger partial charge on any atom is -0.397 e. The Kier molecular flexibility index (Phi) is 3.31. The number of anilines is 2. The summed E-state index contributed by atoms with van der Waals surface area (Å²) >= 11 is 0. The molecule has 18 heavy (non-hydrogen) atoms. The van der Waals surface area contributed by atoms with Crippen molar-refractivity contribution in [3.63, 3.8) is 0 Å². The van der Waals surface area contributed by atoms with Crippen molar-refractivity contribution < 1.29 is 9.32 Å². The summed E-state index contributed by atoms with van der Waals surface area (Å²) in [4.78, 5) is 15.9. The van der Waals surface area contributed by atoms with E-state index in [1.54, 1.807) is 23.8 Å². The van der Waals surface area contributed by atoms with Crippen LogP contribution < -0.4 is 11.1 Å². The molecule has 7 nitrogen and oxygen atoms in total. The van der Waals surface area contributed by atoms with Crippen molar-refractivity contribution in [2.75, 3.05) is 11.1 Å². The molecule has 0 bridgehead atoms. The summed E-state index contributed by atoms with van der Waals surface area (Å²) in [6, 6.07) is 1.70. The van der Waals surface area contributed by atoms with Gasteiger partial charge in [-0.1, -0.05) is 12.1 Å². The fourth-order valence-corrected chi connectivity index (χ4v) is 1.66. The lowest BCUT2D eigenvalue weighted by atomic mass is 10.3. The molecule has 0 saturated heterocycles. The van der Waals surface area contributed by atoms with Crippen LogP contribution in [-0.4, -0.2) is 20.6 Å². The quantitative estimate of drug-likeness (QED) is 0.853. The molecule has 1 amide bonds. The van der Waals surface area contributed by atoms with E-state index in [1.807, 2.05) is 6.92 Å². The predicted octanol–water partition coefficient (Wildman–Crippen LogP) is 1.42. The lowest BCUT2D eigenvalue weighted by Gasteiger charge is -2.05. The zero-order chi connectivity index (χ0) is 13.1. The van der Waals surface area contributed by atoms with Gasteiger partial charge in [0.2, 0.25) is 0 Å². The summed E-state index contributed by atoms with van der Waals surface area (Å²) in [5, 5.41) is 6.13. The molecule has 0 fully saturated rings. The third-order valence-electron chi connectivity index (χ3n) is 2.36. The van der Waals surface area contributed by atoms with Crippen molar-refractivity contribution in [3.05, 3.63) is 23.8 Å². The van der Waals surface area contributed by atoms with Gasteiger partial charge in [-0.25, -0.2) is 0 Å². The Hall–Kier alpha value is -2.31. The maximum atomic E-state index is 12.0. The van der Waals surface area contributed by atoms with Gasteiger partial charge in [-0.3, -0.25) is 10.1 Å². The Morgan fingerprint density at radius 1 is 1.61 bits per heavy atom. The van der Waals surface area contributed by atoms with Crippen molar-refractivity contribution >= 4 is 17.6 Å². The van der Waals surface area contributed by atoms with Gasteiger partial charge >= 0.3 is 6.01 Å². The number of carbonyl (C=O) groups is 1. The molecule has 3 N–H and O–H groups in total. The molecule has 0 aromatic carbocycles. The Morgan fingerprint density at radius 3 is 3.00 bits per heavy atom. The number of aryl methyl sites for hydroxylation is 2. The van der Waals surface area contributed by atoms with Crippen molar-refractivity contribution in [2.45, 2.75) is 26.8 Å². The molecule has 0 saturated carbocycles. The summed E-state index contributed by atoms with van der Waals surface area (Å²) in [7, 11) is 0. The van der Waals surface area contributed by atoms with Gasteiger partial charge in [0.15, 0.2) is 5.82 Å². The maximum absolute atomic E-state index is 12.0. The molecule has 0 aliphatic rings. The molecule has 0 atom stereocenters. The highest BCUT2D eigenvalue weighted by Crippen LogP contribution is 2.13. The smallest absolute Gasteiger partial charge is 0.328 e. The van der Waals surface area contributed by atoms with Gasteiger partial charge in [0.1, 0.15) is 5.69 Å². The molecule has 0 radical (unpaired) electrons. The molecule has 2 aromatic heterocycles. The van der Waals surface area contributed by atoms with Gasteiger partial charge in [-0.15, -0.1) is 0 Å². The Labute approximate surface area is 104 Å². The van der Waals surface area contributed by atoms with Crippen LogP contribution in [0.25, 0.3) is 0 Å². The summed E-state index contributed by atoms with van der Waals surface area (Å²) in [6.45, 7) is 4.43. The van der Waals surface area contributed by atoms with E-state index in [9.17, 15) is 4.79 Å². The van der Waals surface area contributed by atoms with Crippen LogP contribution in [0.1, 0.15) is 29.7 Å². The molecule has 2 heterocycles. The van der Waals surface area contributed by atoms with E-state index in [0.29, 0.717) is 17.2 Å². The summed E-state index contributed by atoms with van der Waals surface area (Å²) in [5.74, 6) is 0.151. The number of nitrogen functional groups attached to an aromatic ring is 1. The van der Waals surface area contributed by atoms with E-state index < -0.39 is 0 Å². The van der Waals surface area contributed by atoms with Crippen molar-refractivity contribution in [1.82, 2.24) is 14.7 Å². The Balaban J connectivity index is 2.17. The van der Waals surface area contributed by atoms with Gasteiger partial charge in [0.25, 0.3) is 5.91 Å². The number of hydrogen-bond donors (Lipinski definition) is 2. The summed E-state index contributed by atoms with van der Waals surface area (Å²) < 4.78 is 6.63. The highest BCUT2D eigenvalue weighted by atomic mass is 16.5. The van der Waals surface area contributed by atoms with Crippen LogP contribution in [0.2, 0.25) is 0 Å². The summed E-state index contributed by atoms with van der Waals surface area (Å²) in [5.41, 5.74) is 6.72. The van der Waals surface area contributed by atoms with Crippen LogP contribution in [0.3, 0.4) is 0 Å². The minimum atomic E-state index is -0.316. The first-order valence-corrected chi connectivity index (χ1v) is 5.67. The monoisotopic (exact) mass is 249 g/mol. The maximum Gasteiger partial charge on any atom is 0.328 e. The van der Waals surface area contributed by atoms with Crippen LogP contribution in [0, 0.1) is 6.92 Å². The molecular formula is C11H15N5O2. The molecule has 2 aromatic rings. The van der Waals surface area contributed by atoms with Crippen LogP contribution in [0.5, 0.6) is 0 Å². The van der Waals surface area contributed by atoms with E-state index in [0.717, 1.165) is 13.0 Å². The van der Waals surface area contributed by atoms with Crippen LogP contribution in [-0.2, 0) is 6.54 Å². The molecule has 0 aliphatic heterocycles. The number of carbonyl (C=O) groups excluding carboxylic acids is 1. The lowest BCUT2D eigenvalue weighted by Crippen LogP contribution is -2.17. The van der Waals surface area contributed by atoms with Crippen molar-refractivity contribution in [2.24, 2.45) is 0 Å². The van der Waals surface area contributed by atoms with Gasteiger partial charge < -0.3 is 14.8 Å². The third-order valence-corrected chi connectivity index (χ3v) is 2.36. The second-order valence-corrected chi connectivity index (χ2v) is 3.95. The van der Waals surface area contributed by atoms with Crippen molar-refractivity contribution in [3.8, 4) is 0 Å². The topological polar surface area (TPSA) is 99.0 Å². The molecule has 7 heteroatoms. The van der Waals surface area contributed by atoms with E-state index in [-0.39, 0.29) is 11.9 Å². The number of aromatic nitrogens is 3. The van der Waals surface area contributed by atoms with Gasteiger partial charge in [-0.05, 0) is 19.4 Å². The van der Waals surface area contributed by atoms with E-state index >= 15 is 0 Å². The minimum absolute atomic E-state index is 0.0836.